The fourth-order valence-electron chi connectivity index (χ4n) is 3.37. The van der Waals surface area contributed by atoms with Gasteiger partial charge in [0.1, 0.15) is 17.0 Å². The number of aliphatic hydroxyl groups excluding tert-OH is 1. The van der Waals surface area contributed by atoms with Crippen molar-refractivity contribution in [3.63, 3.8) is 0 Å². The van der Waals surface area contributed by atoms with Gasteiger partial charge in [0, 0.05) is 24.0 Å². The third-order valence-electron chi connectivity index (χ3n) is 4.86. The fraction of sp³-hybridized carbons (Fsp3) is 0.368. The van der Waals surface area contributed by atoms with Crippen molar-refractivity contribution in [1.29, 1.82) is 0 Å². The van der Waals surface area contributed by atoms with Gasteiger partial charge in [-0.2, -0.15) is 0 Å². The number of nitrogens with zero attached hydrogens (tertiary/aromatic N) is 3. The number of aryl methyl sites for hydroxylation is 2. The minimum Gasteiger partial charge on any atom is -0.391 e. The summed E-state index contributed by atoms with van der Waals surface area (Å²) in [4.78, 5) is 12.2. The maximum atomic E-state index is 10.0. The third kappa shape index (κ3) is 2.68. The molecular formula is C19H21N3OS. The Labute approximate surface area is 145 Å². The first-order chi connectivity index (χ1) is 11.6. The summed E-state index contributed by atoms with van der Waals surface area (Å²) in [6, 6.07) is 6.58. The SMILES string of the molecule is Cc1ccc(-c2csc3ncnc(N4CCC[C@H](O)C4)c23)cc1C. The molecule has 4 rings (SSSR count). The molecule has 3 heterocycles. The summed E-state index contributed by atoms with van der Waals surface area (Å²) in [6.45, 7) is 5.86. The highest BCUT2D eigenvalue weighted by molar-refractivity contribution is 7.17. The Bertz CT molecular complexity index is 889. The summed E-state index contributed by atoms with van der Waals surface area (Å²) in [7, 11) is 0. The molecule has 4 nitrogen and oxygen atoms in total. The zero-order chi connectivity index (χ0) is 16.7. The van der Waals surface area contributed by atoms with Crippen LogP contribution in [-0.4, -0.2) is 34.3 Å². The summed E-state index contributed by atoms with van der Waals surface area (Å²) in [5.41, 5.74) is 4.99. The number of thiophene rings is 1. The molecule has 0 bridgehead atoms. The van der Waals surface area contributed by atoms with E-state index in [1.807, 2.05) is 0 Å². The molecule has 1 N–H and O–H groups in total. The van der Waals surface area contributed by atoms with Gasteiger partial charge in [-0.15, -0.1) is 11.3 Å². The average Bonchev–Trinajstić information content (AvgIpc) is 3.01. The number of anilines is 1. The van der Waals surface area contributed by atoms with E-state index >= 15 is 0 Å². The zero-order valence-corrected chi connectivity index (χ0v) is 14.8. The molecule has 1 fully saturated rings. The van der Waals surface area contributed by atoms with Gasteiger partial charge in [-0.1, -0.05) is 18.2 Å². The van der Waals surface area contributed by atoms with Crippen molar-refractivity contribution in [3.05, 3.63) is 41.0 Å². The number of piperidine rings is 1. The number of β-amino-alcohol motifs (C(OH)–C–C–N with tert-alkyl or cyclic N) is 1. The van der Waals surface area contributed by atoms with Crippen LogP contribution < -0.4 is 4.90 Å². The van der Waals surface area contributed by atoms with Gasteiger partial charge in [-0.25, -0.2) is 9.97 Å². The summed E-state index contributed by atoms with van der Waals surface area (Å²) in [5, 5.41) is 13.3. The molecule has 124 valence electrons. The monoisotopic (exact) mass is 339 g/mol. The number of benzene rings is 1. The average molecular weight is 339 g/mol. The Morgan fingerprint density at radius 2 is 2.08 bits per heavy atom. The Morgan fingerprint density at radius 3 is 2.88 bits per heavy atom. The molecule has 0 spiro atoms. The second-order valence-electron chi connectivity index (χ2n) is 6.57. The molecule has 1 saturated heterocycles. The molecule has 5 heteroatoms. The van der Waals surface area contributed by atoms with Gasteiger partial charge < -0.3 is 10.0 Å². The van der Waals surface area contributed by atoms with Crippen LogP contribution in [0.2, 0.25) is 0 Å². The Hall–Kier alpha value is -1.98. The molecule has 0 saturated carbocycles. The van der Waals surface area contributed by atoms with E-state index in [9.17, 15) is 5.11 Å². The molecule has 0 radical (unpaired) electrons. The van der Waals surface area contributed by atoms with Gasteiger partial charge in [0.15, 0.2) is 0 Å². The molecule has 1 aliphatic rings. The van der Waals surface area contributed by atoms with Crippen LogP contribution in [0.1, 0.15) is 24.0 Å². The van der Waals surface area contributed by atoms with E-state index in [-0.39, 0.29) is 6.10 Å². The highest BCUT2D eigenvalue weighted by atomic mass is 32.1. The number of aliphatic hydroxyl groups is 1. The number of aromatic nitrogens is 2. The van der Waals surface area contributed by atoms with E-state index < -0.39 is 0 Å². The van der Waals surface area contributed by atoms with Gasteiger partial charge in [-0.3, -0.25) is 0 Å². The van der Waals surface area contributed by atoms with Crippen LogP contribution in [0, 0.1) is 13.8 Å². The number of hydrogen-bond donors (Lipinski definition) is 1. The topological polar surface area (TPSA) is 49.2 Å². The second-order valence-corrected chi connectivity index (χ2v) is 7.43. The highest BCUT2D eigenvalue weighted by Crippen LogP contribution is 2.38. The zero-order valence-electron chi connectivity index (χ0n) is 14.0. The molecule has 0 unspecified atom stereocenters. The van der Waals surface area contributed by atoms with E-state index in [1.165, 1.54) is 22.3 Å². The van der Waals surface area contributed by atoms with E-state index in [0.717, 1.165) is 35.4 Å². The Balaban J connectivity index is 1.86. The van der Waals surface area contributed by atoms with Crippen LogP contribution in [-0.2, 0) is 0 Å². The molecule has 2 aromatic heterocycles. The Morgan fingerprint density at radius 1 is 1.21 bits per heavy atom. The molecule has 0 amide bonds. The maximum Gasteiger partial charge on any atom is 0.141 e. The van der Waals surface area contributed by atoms with Gasteiger partial charge in [0.05, 0.1) is 11.5 Å². The van der Waals surface area contributed by atoms with Crippen LogP contribution in [0.25, 0.3) is 21.3 Å². The first-order valence-corrected chi connectivity index (χ1v) is 9.24. The van der Waals surface area contributed by atoms with Crippen LogP contribution in [0.15, 0.2) is 29.9 Å². The third-order valence-corrected chi connectivity index (χ3v) is 5.75. The predicted molar refractivity (Wildman–Crippen MR) is 99.8 cm³/mol. The normalized spacial score (nSPS) is 18.3. The Kier molecular flexibility index (Phi) is 3.98. The molecule has 0 aliphatic carbocycles. The van der Waals surface area contributed by atoms with Crippen molar-refractivity contribution in [2.45, 2.75) is 32.8 Å². The molecule has 1 atom stereocenters. The second kappa shape index (κ2) is 6.15. The standard InChI is InChI=1S/C19H21N3OS/c1-12-5-6-14(8-13(12)2)16-10-24-19-17(16)18(20-11-21-19)22-7-3-4-15(23)9-22/h5-6,8,10-11,15,23H,3-4,7,9H2,1-2H3/t15-/m0/s1. The summed E-state index contributed by atoms with van der Waals surface area (Å²) < 4.78 is 0. The minimum absolute atomic E-state index is 0.271. The number of fused-ring (bicyclic) bond motifs is 1. The van der Waals surface area contributed by atoms with Crippen molar-refractivity contribution in [2.75, 3.05) is 18.0 Å². The van der Waals surface area contributed by atoms with E-state index in [4.69, 9.17) is 0 Å². The molecule has 1 aromatic carbocycles. The lowest BCUT2D eigenvalue weighted by atomic mass is 10.00. The van der Waals surface area contributed by atoms with Crippen molar-refractivity contribution < 1.29 is 5.11 Å². The molecule has 24 heavy (non-hydrogen) atoms. The maximum absolute atomic E-state index is 10.0. The lowest BCUT2D eigenvalue weighted by Crippen LogP contribution is -2.38. The smallest absolute Gasteiger partial charge is 0.141 e. The number of hydrogen-bond acceptors (Lipinski definition) is 5. The molecule has 1 aliphatic heterocycles. The largest absolute Gasteiger partial charge is 0.391 e. The van der Waals surface area contributed by atoms with Crippen molar-refractivity contribution in [1.82, 2.24) is 9.97 Å². The van der Waals surface area contributed by atoms with Crippen molar-refractivity contribution >= 4 is 27.4 Å². The highest BCUT2D eigenvalue weighted by Gasteiger charge is 2.23. The van der Waals surface area contributed by atoms with Crippen LogP contribution >= 0.6 is 11.3 Å². The lowest BCUT2D eigenvalue weighted by molar-refractivity contribution is 0.154. The lowest BCUT2D eigenvalue weighted by Gasteiger charge is -2.31. The van der Waals surface area contributed by atoms with Crippen LogP contribution in [0.3, 0.4) is 0 Å². The first kappa shape index (κ1) is 15.5. The quantitative estimate of drug-likeness (QED) is 0.768. The van der Waals surface area contributed by atoms with Gasteiger partial charge in [0.25, 0.3) is 0 Å². The van der Waals surface area contributed by atoms with Crippen molar-refractivity contribution in [3.8, 4) is 11.1 Å². The van der Waals surface area contributed by atoms with Gasteiger partial charge in [0.2, 0.25) is 0 Å². The summed E-state index contributed by atoms with van der Waals surface area (Å²) in [6.07, 6.45) is 3.24. The fourth-order valence-corrected chi connectivity index (χ4v) is 4.28. The predicted octanol–water partition coefficient (Wildman–Crippen LogP) is 3.94. The van der Waals surface area contributed by atoms with Gasteiger partial charge in [-0.05, 0) is 43.4 Å². The summed E-state index contributed by atoms with van der Waals surface area (Å²) in [5.74, 6) is 0.952. The van der Waals surface area contributed by atoms with E-state index in [2.05, 4.69) is 52.3 Å². The molecular weight excluding hydrogens is 318 g/mol. The van der Waals surface area contributed by atoms with Crippen molar-refractivity contribution in [2.24, 2.45) is 0 Å². The first-order valence-electron chi connectivity index (χ1n) is 8.36. The van der Waals surface area contributed by atoms with Crippen LogP contribution in [0.4, 0.5) is 5.82 Å². The number of rotatable bonds is 2. The van der Waals surface area contributed by atoms with Crippen LogP contribution in [0.5, 0.6) is 0 Å². The van der Waals surface area contributed by atoms with E-state index in [0.29, 0.717) is 6.54 Å². The summed E-state index contributed by atoms with van der Waals surface area (Å²) >= 11 is 1.66. The molecule has 3 aromatic rings. The van der Waals surface area contributed by atoms with E-state index in [1.54, 1.807) is 17.7 Å². The van der Waals surface area contributed by atoms with Gasteiger partial charge >= 0.3 is 0 Å². The minimum atomic E-state index is -0.271.